The van der Waals surface area contributed by atoms with Gasteiger partial charge in [0.15, 0.2) is 0 Å². The maximum Gasteiger partial charge on any atom is 0.224 e. The Morgan fingerprint density at radius 3 is 2.55 bits per heavy atom. The Labute approximate surface area is 121 Å². The summed E-state index contributed by atoms with van der Waals surface area (Å²) in [5.41, 5.74) is 0. The second-order valence-electron chi connectivity index (χ2n) is 6.42. The number of carbonyl (C=O) groups is 2. The van der Waals surface area contributed by atoms with Crippen molar-refractivity contribution in [2.75, 3.05) is 33.7 Å². The fourth-order valence-corrected chi connectivity index (χ4v) is 3.08. The van der Waals surface area contributed by atoms with E-state index in [1.807, 2.05) is 0 Å². The maximum atomic E-state index is 12.3. The Hall–Kier alpha value is -1.10. The molecule has 1 N–H and O–H groups in total. The number of nitrogens with one attached hydrogen (secondary N) is 1. The van der Waals surface area contributed by atoms with Crippen molar-refractivity contribution in [2.45, 2.75) is 38.6 Å². The first-order chi connectivity index (χ1) is 9.49. The molecule has 0 aromatic rings. The van der Waals surface area contributed by atoms with Crippen molar-refractivity contribution in [1.82, 2.24) is 15.1 Å². The van der Waals surface area contributed by atoms with Gasteiger partial charge < -0.3 is 15.1 Å². The van der Waals surface area contributed by atoms with Crippen LogP contribution in [0.1, 0.15) is 32.6 Å². The van der Waals surface area contributed by atoms with Crippen LogP contribution in [0.5, 0.6) is 0 Å². The summed E-state index contributed by atoms with van der Waals surface area (Å²) < 4.78 is 0. The van der Waals surface area contributed by atoms with E-state index >= 15 is 0 Å². The number of amides is 2. The molecule has 2 amide bonds. The lowest BCUT2D eigenvalue weighted by atomic mass is 9.97. The van der Waals surface area contributed by atoms with Crippen molar-refractivity contribution in [3.05, 3.63) is 0 Å². The van der Waals surface area contributed by atoms with Crippen LogP contribution in [0.2, 0.25) is 0 Å². The van der Waals surface area contributed by atoms with Crippen LogP contribution in [0.4, 0.5) is 0 Å². The first kappa shape index (κ1) is 15.3. The molecule has 5 nitrogen and oxygen atoms in total. The number of hydrogen-bond acceptors (Lipinski definition) is 3. The normalized spacial score (nSPS) is 24.6. The molecule has 1 aliphatic heterocycles. The van der Waals surface area contributed by atoms with Crippen molar-refractivity contribution >= 4 is 11.8 Å². The minimum atomic E-state index is -0.0327. The molecule has 2 rings (SSSR count). The van der Waals surface area contributed by atoms with Gasteiger partial charge in [-0.05, 0) is 45.7 Å². The van der Waals surface area contributed by atoms with Crippen LogP contribution in [-0.4, -0.2) is 61.4 Å². The van der Waals surface area contributed by atoms with Gasteiger partial charge in [0.05, 0.1) is 5.92 Å². The van der Waals surface area contributed by atoms with Crippen LogP contribution < -0.4 is 5.32 Å². The maximum absolute atomic E-state index is 12.3. The quantitative estimate of drug-likeness (QED) is 0.807. The van der Waals surface area contributed by atoms with Gasteiger partial charge in [-0.3, -0.25) is 9.59 Å². The Balaban J connectivity index is 1.80. The molecule has 1 saturated heterocycles. The van der Waals surface area contributed by atoms with E-state index in [9.17, 15) is 9.59 Å². The number of likely N-dealkylation sites (tertiary alicyclic amines) is 1. The second-order valence-corrected chi connectivity index (χ2v) is 6.42. The van der Waals surface area contributed by atoms with Crippen LogP contribution in [0.15, 0.2) is 0 Å². The lowest BCUT2D eigenvalue weighted by molar-refractivity contribution is -0.134. The third kappa shape index (κ3) is 3.95. The molecule has 0 bridgehead atoms. The average molecular weight is 281 g/mol. The topological polar surface area (TPSA) is 52.7 Å². The van der Waals surface area contributed by atoms with Gasteiger partial charge in [-0.15, -0.1) is 0 Å². The fourth-order valence-electron chi connectivity index (χ4n) is 3.08. The molecule has 5 heteroatoms. The van der Waals surface area contributed by atoms with Crippen molar-refractivity contribution in [2.24, 2.45) is 11.8 Å². The van der Waals surface area contributed by atoms with E-state index in [0.717, 1.165) is 31.8 Å². The highest BCUT2D eigenvalue weighted by atomic mass is 16.2. The molecule has 0 aromatic heterocycles. The molecule has 1 aliphatic carbocycles. The number of piperidine rings is 1. The van der Waals surface area contributed by atoms with Gasteiger partial charge in [0.2, 0.25) is 11.8 Å². The highest BCUT2D eigenvalue weighted by Crippen LogP contribution is 2.34. The van der Waals surface area contributed by atoms with Crippen molar-refractivity contribution in [1.29, 1.82) is 0 Å². The van der Waals surface area contributed by atoms with Gasteiger partial charge in [-0.25, -0.2) is 0 Å². The second kappa shape index (κ2) is 6.57. The summed E-state index contributed by atoms with van der Waals surface area (Å²) >= 11 is 0. The van der Waals surface area contributed by atoms with E-state index in [4.69, 9.17) is 0 Å². The van der Waals surface area contributed by atoms with E-state index in [2.05, 4.69) is 24.3 Å². The van der Waals surface area contributed by atoms with Gasteiger partial charge in [0, 0.05) is 32.6 Å². The van der Waals surface area contributed by atoms with E-state index in [-0.39, 0.29) is 17.7 Å². The molecule has 20 heavy (non-hydrogen) atoms. The molecule has 0 radical (unpaired) electrons. The standard InChI is InChI=1S/C15H27N3O2/c1-11(19)18-8-4-5-13(10-18)15(20)16-9-14(17(2)3)12-6-7-12/h12-14H,4-10H2,1-3H3,(H,16,20)/t13-,14+/m1/s1. The van der Waals surface area contributed by atoms with Crippen LogP contribution in [0.3, 0.4) is 0 Å². The predicted octanol–water partition coefficient (Wildman–Crippen LogP) is 0.701. The highest BCUT2D eigenvalue weighted by molar-refractivity contribution is 5.80. The van der Waals surface area contributed by atoms with Gasteiger partial charge in [-0.1, -0.05) is 0 Å². The molecule has 2 aliphatic rings. The summed E-state index contributed by atoms with van der Waals surface area (Å²) in [7, 11) is 4.15. The largest absolute Gasteiger partial charge is 0.354 e. The smallest absolute Gasteiger partial charge is 0.224 e. The highest BCUT2D eigenvalue weighted by Gasteiger charge is 2.33. The first-order valence-corrected chi connectivity index (χ1v) is 7.68. The van der Waals surface area contributed by atoms with Crippen molar-refractivity contribution < 1.29 is 9.59 Å². The van der Waals surface area contributed by atoms with Gasteiger partial charge in [0.25, 0.3) is 0 Å². The molecule has 114 valence electrons. The van der Waals surface area contributed by atoms with E-state index in [1.54, 1.807) is 11.8 Å². The lowest BCUT2D eigenvalue weighted by Gasteiger charge is -2.32. The zero-order valence-electron chi connectivity index (χ0n) is 12.9. The van der Waals surface area contributed by atoms with Gasteiger partial charge in [-0.2, -0.15) is 0 Å². The molecule has 0 aromatic carbocycles. The van der Waals surface area contributed by atoms with E-state index in [0.29, 0.717) is 12.6 Å². The van der Waals surface area contributed by atoms with E-state index < -0.39 is 0 Å². The molecule has 2 fully saturated rings. The summed E-state index contributed by atoms with van der Waals surface area (Å²) in [4.78, 5) is 27.7. The zero-order valence-corrected chi connectivity index (χ0v) is 12.9. The SMILES string of the molecule is CC(=O)N1CCC[C@@H](C(=O)NC[C@@H](C2CC2)N(C)C)C1. The minimum absolute atomic E-state index is 0.0327. The molecular weight excluding hydrogens is 254 g/mol. The van der Waals surface area contributed by atoms with Crippen LogP contribution in [0.25, 0.3) is 0 Å². The summed E-state index contributed by atoms with van der Waals surface area (Å²) in [5.74, 6) is 0.898. The Bertz CT molecular complexity index is 364. The first-order valence-electron chi connectivity index (χ1n) is 7.68. The van der Waals surface area contributed by atoms with Gasteiger partial charge in [0.1, 0.15) is 0 Å². The summed E-state index contributed by atoms with van der Waals surface area (Å²) in [6.07, 6.45) is 4.38. The number of hydrogen-bond donors (Lipinski definition) is 1. The Morgan fingerprint density at radius 1 is 1.30 bits per heavy atom. The summed E-state index contributed by atoms with van der Waals surface area (Å²) in [6, 6.07) is 0.450. The van der Waals surface area contributed by atoms with Crippen molar-refractivity contribution in [3.8, 4) is 0 Å². The van der Waals surface area contributed by atoms with Crippen LogP contribution in [-0.2, 0) is 9.59 Å². The Morgan fingerprint density at radius 2 is 2.00 bits per heavy atom. The molecule has 0 unspecified atom stereocenters. The van der Waals surface area contributed by atoms with Crippen LogP contribution >= 0.6 is 0 Å². The molecule has 1 saturated carbocycles. The Kier molecular flexibility index (Phi) is 5.02. The minimum Gasteiger partial charge on any atom is -0.354 e. The van der Waals surface area contributed by atoms with Crippen molar-refractivity contribution in [3.63, 3.8) is 0 Å². The van der Waals surface area contributed by atoms with Gasteiger partial charge >= 0.3 is 0 Å². The number of nitrogens with zero attached hydrogens (tertiary/aromatic N) is 2. The monoisotopic (exact) mass is 281 g/mol. The molecular formula is C15H27N3O2. The van der Waals surface area contributed by atoms with E-state index in [1.165, 1.54) is 12.8 Å². The average Bonchev–Trinajstić information content (AvgIpc) is 3.23. The molecule has 2 atom stereocenters. The lowest BCUT2D eigenvalue weighted by Crippen LogP contribution is -2.48. The number of likely N-dealkylation sites (N-methyl/N-ethyl adjacent to an activating group) is 1. The third-order valence-electron chi connectivity index (χ3n) is 4.55. The third-order valence-corrected chi connectivity index (χ3v) is 4.55. The molecule has 0 spiro atoms. The summed E-state index contributed by atoms with van der Waals surface area (Å²) in [5, 5.41) is 3.10. The fraction of sp³-hybridized carbons (Fsp3) is 0.867. The number of carbonyl (C=O) groups excluding carboxylic acids is 2. The zero-order chi connectivity index (χ0) is 14.7. The number of rotatable bonds is 5. The van der Waals surface area contributed by atoms with Crippen LogP contribution in [0, 0.1) is 11.8 Å². The molecule has 1 heterocycles. The predicted molar refractivity (Wildman–Crippen MR) is 78.2 cm³/mol. The summed E-state index contributed by atoms with van der Waals surface area (Å²) in [6.45, 7) is 3.68.